The molecule has 0 unspecified atom stereocenters. The number of nitrogens with zero attached hydrogens (tertiary/aromatic N) is 1. The molecule has 0 saturated carbocycles. The van der Waals surface area contributed by atoms with E-state index in [2.05, 4.69) is 13.0 Å². The van der Waals surface area contributed by atoms with E-state index in [1.807, 2.05) is 53.4 Å². The minimum absolute atomic E-state index is 0.00584. The second-order valence-corrected chi connectivity index (χ2v) is 5.05. The third-order valence-corrected chi connectivity index (χ3v) is 3.58. The second-order valence-electron chi connectivity index (χ2n) is 5.05. The summed E-state index contributed by atoms with van der Waals surface area (Å²) in [6.07, 6.45) is 0.910. The summed E-state index contributed by atoms with van der Waals surface area (Å²) in [5.41, 5.74) is 2.25. The predicted molar refractivity (Wildman–Crippen MR) is 79.0 cm³/mol. The van der Waals surface area contributed by atoms with Gasteiger partial charge in [0.15, 0.2) is 6.61 Å². The summed E-state index contributed by atoms with van der Waals surface area (Å²) in [5.74, 6) is 0.729. The lowest BCUT2D eigenvalue weighted by Crippen LogP contribution is -2.39. The van der Waals surface area contributed by atoms with E-state index in [-0.39, 0.29) is 18.6 Å². The average Bonchev–Trinajstić information content (AvgIpc) is 2.82. The third-order valence-electron chi connectivity index (χ3n) is 3.58. The lowest BCUT2D eigenvalue weighted by atomic mass is 10.1. The fourth-order valence-corrected chi connectivity index (χ4v) is 2.68. The number of fused-ring (bicyclic) bond motifs is 1. The fraction of sp³-hybridized carbons (Fsp3) is 0.235. The van der Waals surface area contributed by atoms with Crippen molar-refractivity contribution in [2.75, 3.05) is 11.5 Å². The first kappa shape index (κ1) is 12.7. The maximum absolute atomic E-state index is 12.4. The Balaban J connectivity index is 1.71. The van der Waals surface area contributed by atoms with Crippen LogP contribution in [0.4, 0.5) is 5.69 Å². The number of anilines is 1. The number of amides is 1. The van der Waals surface area contributed by atoms with Gasteiger partial charge in [0.05, 0.1) is 0 Å². The molecule has 1 amide bonds. The fourth-order valence-electron chi connectivity index (χ4n) is 2.68. The Bertz CT molecular complexity index is 609. The maximum atomic E-state index is 12.4. The van der Waals surface area contributed by atoms with E-state index in [1.54, 1.807) is 0 Å². The minimum Gasteiger partial charge on any atom is -0.484 e. The first-order valence-corrected chi connectivity index (χ1v) is 6.83. The van der Waals surface area contributed by atoms with Crippen molar-refractivity contribution in [2.24, 2.45) is 0 Å². The first-order chi connectivity index (χ1) is 9.75. The lowest BCUT2D eigenvalue weighted by molar-refractivity contribution is -0.120. The number of rotatable bonds is 3. The highest BCUT2D eigenvalue weighted by Crippen LogP contribution is 2.31. The summed E-state index contributed by atoms with van der Waals surface area (Å²) in [6.45, 7) is 2.14. The van der Waals surface area contributed by atoms with Crippen LogP contribution in [0.1, 0.15) is 12.5 Å². The van der Waals surface area contributed by atoms with Crippen molar-refractivity contribution in [1.29, 1.82) is 0 Å². The van der Waals surface area contributed by atoms with Gasteiger partial charge in [-0.05, 0) is 37.1 Å². The quantitative estimate of drug-likeness (QED) is 0.855. The molecule has 2 aromatic rings. The molecule has 1 atom stereocenters. The number of carbonyl (C=O) groups is 1. The normalized spacial score (nSPS) is 16.9. The van der Waals surface area contributed by atoms with Gasteiger partial charge in [-0.3, -0.25) is 4.79 Å². The van der Waals surface area contributed by atoms with Crippen LogP contribution in [0.15, 0.2) is 54.6 Å². The van der Waals surface area contributed by atoms with Crippen LogP contribution in [0, 0.1) is 0 Å². The van der Waals surface area contributed by atoms with Crippen LogP contribution in [-0.4, -0.2) is 18.6 Å². The Morgan fingerprint density at radius 3 is 2.65 bits per heavy atom. The van der Waals surface area contributed by atoms with E-state index in [1.165, 1.54) is 5.56 Å². The van der Waals surface area contributed by atoms with Gasteiger partial charge in [0.2, 0.25) is 0 Å². The Morgan fingerprint density at radius 2 is 1.85 bits per heavy atom. The highest BCUT2D eigenvalue weighted by molar-refractivity contribution is 5.97. The Morgan fingerprint density at radius 1 is 1.15 bits per heavy atom. The summed E-state index contributed by atoms with van der Waals surface area (Å²) in [5, 5.41) is 0. The zero-order valence-electron chi connectivity index (χ0n) is 11.5. The molecule has 1 heterocycles. The number of carbonyl (C=O) groups excluding carboxylic acids is 1. The van der Waals surface area contributed by atoms with Crippen molar-refractivity contribution in [2.45, 2.75) is 19.4 Å². The lowest BCUT2D eigenvalue weighted by Gasteiger charge is -2.22. The summed E-state index contributed by atoms with van der Waals surface area (Å²) in [6, 6.07) is 17.7. The van der Waals surface area contributed by atoms with Gasteiger partial charge in [-0.1, -0.05) is 36.4 Å². The zero-order valence-corrected chi connectivity index (χ0v) is 11.5. The molecule has 3 heteroatoms. The van der Waals surface area contributed by atoms with Gasteiger partial charge in [-0.2, -0.15) is 0 Å². The molecular weight excluding hydrogens is 250 g/mol. The van der Waals surface area contributed by atoms with Crippen molar-refractivity contribution < 1.29 is 9.53 Å². The van der Waals surface area contributed by atoms with Crippen LogP contribution in [0.5, 0.6) is 5.75 Å². The van der Waals surface area contributed by atoms with Crippen molar-refractivity contribution in [3.63, 3.8) is 0 Å². The smallest absolute Gasteiger partial charge is 0.265 e. The summed E-state index contributed by atoms with van der Waals surface area (Å²) >= 11 is 0. The summed E-state index contributed by atoms with van der Waals surface area (Å²) in [7, 11) is 0. The zero-order chi connectivity index (χ0) is 13.9. The first-order valence-electron chi connectivity index (χ1n) is 6.83. The van der Waals surface area contributed by atoms with E-state index in [9.17, 15) is 4.79 Å². The average molecular weight is 267 g/mol. The highest BCUT2D eigenvalue weighted by atomic mass is 16.5. The van der Waals surface area contributed by atoms with Gasteiger partial charge in [0, 0.05) is 11.7 Å². The molecule has 0 saturated heterocycles. The second kappa shape index (κ2) is 5.37. The summed E-state index contributed by atoms with van der Waals surface area (Å²) < 4.78 is 5.55. The Kier molecular flexibility index (Phi) is 3.42. The van der Waals surface area contributed by atoms with Gasteiger partial charge in [-0.15, -0.1) is 0 Å². The molecule has 0 radical (unpaired) electrons. The topological polar surface area (TPSA) is 29.5 Å². The molecule has 0 N–H and O–H groups in total. The Hall–Kier alpha value is -2.29. The Labute approximate surface area is 118 Å². The molecule has 0 spiro atoms. The maximum Gasteiger partial charge on any atom is 0.265 e. The largest absolute Gasteiger partial charge is 0.484 e. The van der Waals surface area contributed by atoms with Crippen LogP contribution in [0.25, 0.3) is 0 Å². The summed E-state index contributed by atoms with van der Waals surface area (Å²) in [4.78, 5) is 14.2. The van der Waals surface area contributed by atoms with Gasteiger partial charge in [0.1, 0.15) is 5.75 Å². The van der Waals surface area contributed by atoms with E-state index in [4.69, 9.17) is 4.74 Å². The van der Waals surface area contributed by atoms with Crippen LogP contribution >= 0.6 is 0 Å². The third kappa shape index (κ3) is 2.39. The van der Waals surface area contributed by atoms with Crippen molar-refractivity contribution in [3.05, 3.63) is 60.2 Å². The number of para-hydroxylation sites is 2. The monoisotopic (exact) mass is 267 g/mol. The van der Waals surface area contributed by atoms with E-state index in [0.29, 0.717) is 0 Å². The molecule has 1 aliphatic heterocycles. The number of benzene rings is 2. The molecule has 2 aromatic carbocycles. The molecule has 3 rings (SSSR count). The van der Waals surface area contributed by atoms with Gasteiger partial charge in [0.25, 0.3) is 5.91 Å². The molecule has 1 aliphatic rings. The van der Waals surface area contributed by atoms with Crippen LogP contribution < -0.4 is 9.64 Å². The molecule has 0 aliphatic carbocycles. The van der Waals surface area contributed by atoms with Crippen molar-refractivity contribution >= 4 is 11.6 Å². The van der Waals surface area contributed by atoms with Crippen molar-refractivity contribution in [1.82, 2.24) is 0 Å². The van der Waals surface area contributed by atoms with Gasteiger partial charge < -0.3 is 9.64 Å². The van der Waals surface area contributed by atoms with Crippen molar-refractivity contribution in [3.8, 4) is 5.75 Å². The standard InChI is InChI=1S/C17H17NO2/c1-13-11-14-7-5-6-10-16(14)18(13)17(19)12-20-15-8-3-2-4-9-15/h2-10,13H,11-12H2,1H3/t13-/m1/s1. The van der Waals surface area contributed by atoms with Gasteiger partial charge >= 0.3 is 0 Å². The molecule has 0 bridgehead atoms. The highest BCUT2D eigenvalue weighted by Gasteiger charge is 2.30. The molecular formula is C17H17NO2. The SMILES string of the molecule is C[C@@H]1Cc2ccccc2N1C(=O)COc1ccccc1. The van der Waals surface area contributed by atoms with Crippen LogP contribution in [-0.2, 0) is 11.2 Å². The van der Waals surface area contributed by atoms with E-state index >= 15 is 0 Å². The molecule has 102 valence electrons. The van der Waals surface area contributed by atoms with E-state index < -0.39 is 0 Å². The molecule has 0 aromatic heterocycles. The van der Waals surface area contributed by atoms with Crippen LogP contribution in [0.3, 0.4) is 0 Å². The van der Waals surface area contributed by atoms with Crippen LogP contribution in [0.2, 0.25) is 0 Å². The predicted octanol–water partition coefficient (Wildman–Crippen LogP) is 3.04. The molecule has 0 fully saturated rings. The minimum atomic E-state index is 0.00584. The number of hydrogen-bond donors (Lipinski definition) is 0. The molecule has 3 nitrogen and oxygen atoms in total. The van der Waals surface area contributed by atoms with E-state index in [0.717, 1.165) is 17.9 Å². The number of ether oxygens (including phenoxy) is 1. The van der Waals surface area contributed by atoms with Gasteiger partial charge in [-0.25, -0.2) is 0 Å². The number of hydrogen-bond acceptors (Lipinski definition) is 2. The molecule has 20 heavy (non-hydrogen) atoms.